The number of benzene rings is 2. The summed E-state index contributed by atoms with van der Waals surface area (Å²) >= 11 is 13.3. The second kappa shape index (κ2) is 14.5. The fourth-order valence-corrected chi connectivity index (χ4v) is 7.81. The average molecular weight is 687 g/mol. The Hall–Kier alpha value is -3.15. The largest absolute Gasteiger partial charge is 0.481 e. The first kappa shape index (κ1) is 33.7. The van der Waals surface area contributed by atoms with Crippen molar-refractivity contribution in [1.82, 2.24) is 9.80 Å². The predicted molar refractivity (Wildman–Crippen MR) is 179 cm³/mol. The Balaban J connectivity index is 1.13. The Morgan fingerprint density at radius 1 is 1.04 bits per heavy atom. The van der Waals surface area contributed by atoms with Gasteiger partial charge in [-0.15, -0.1) is 0 Å². The van der Waals surface area contributed by atoms with Gasteiger partial charge in [0.15, 0.2) is 0 Å². The maximum atomic E-state index is 13.9. The third kappa shape index (κ3) is 7.47. The van der Waals surface area contributed by atoms with Crippen molar-refractivity contribution in [3.05, 3.63) is 63.8 Å². The Morgan fingerprint density at radius 2 is 1.81 bits per heavy atom. The average Bonchev–Trinajstić information content (AvgIpc) is 3.79. The van der Waals surface area contributed by atoms with Crippen LogP contribution in [0, 0.1) is 11.8 Å². The molecule has 3 fully saturated rings. The minimum Gasteiger partial charge on any atom is -0.481 e. The van der Waals surface area contributed by atoms with E-state index in [0.29, 0.717) is 77.6 Å². The zero-order valence-corrected chi connectivity index (χ0v) is 28.1. The highest BCUT2D eigenvalue weighted by Crippen LogP contribution is 2.34. The molecule has 2 amide bonds. The van der Waals surface area contributed by atoms with E-state index in [9.17, 15) is 19.5 Å². The lowest BCUT2D eigenvalue weighted by molar-refractivity contribution is -0.144. The zero-order chi connectivity index (χ0) is 33.2. The molecule has 252 valence electrons. The number of rotatable bonds is 10. The predicted octanol–water partition coefficient (Wildman–Crippen LogP) is 6.13. The fraction of sp³-hybridized carbons (Fsp3) is 0.514. The lowest BCUT2D eigenvalue weighted by atomic mass is 9.87. The lowest BCUT2D eigenvalue weighted by Crippen LogP contribution is -2.41. The molecule has 0 spiro atoms. The van der Waals surface area contributed by atoms with Gasteiger partial charge < -0.3 is 29.2 Å². The smallest absolute Gasteiger partial charge is 0.306 e. The van der Waals surface area contributed by atoms with Crippen molar-refractivity contribution in [3.8, 4) is 0 Å². The molecular weight excluding hydrogens is 645 g/mol. The van der Waals surface area contributed by atoms with E-state index in [2.05, 4.69) is 17.1 Å². The van der Waals surface area contributed by atoms with Gasteiger partial charge in [0.1, 0.15) is 11.8 Å². The van der Waals surface area contributed by atoms with Crippen LogP contribution in [0.4, 0.5) is 5.69 Å². The van der Waals surface area contributed by atoms with Gasteiger partial charge >= 0.3 is 5.97 Å². The number of methoxy groups -OCH3 is 1. The number of nitrogens with zero attached hydrogens (tertiary/aromatic N) is 2. The summed E-state index contributed by atoms with van der Waals surface area (Å²) < 4.78 is 17.5. The molecule has 3 aliphatic rings. The third-order valence-corrected chi connectivity index (χ3v) is 10.8. The highest BCUT2D eigenvalue weighted by molar-refractivity contribution is 6.36. The Labute approximate surface area is 284 Å². The molecule has 12 heteroatoms. The van der Waals surface area contributed by atoms with E-state index in [1.165, 1.54) is 6.26 Å². The molecule has 6 rings (SSSR count). The number of para-hydroxylation sites is 1. The second-order valence-corrected chi connectivity index (χ2v) is 14.0. The van der Waals surface area contributed by atoms with Crippen molar-refractivity contribution in [1.29, 1.82) is 0 Å². The highest BCUT2D eigenvalue weighted by atomic mass is 35.5. The normalized spacial score (nSPS) is 26.6. The number of furan rings is 1. The topological polar surface area (TPSA) is 122 Å². The van der Waals surface area contributed by atoms with E-state index in [-0.39, 0.29) is 53.5 Å². The highest BCUT2D eigenvalue weighted by Gasteiger charge is 2.42. The van der Waals surface area contributed by atoms with Gasteiger partial charge in [-0.25, -0.2) is 0 Å². The first-order valence-electron chi connectivity index (χ1n) is 16.3. The molecule has 3 heterocycles. The lowest BCUT2D eigenvalue weighted by Gasteiger charge is -2.30. The molecule has 4 atom stereocenters. The Kier molecular flexibility index (Phi) is 10.4. The second-order valence-electron chi connectivity index (χ2n) is 13.1. The van der Waals surface area contributed by atoms with Crippen LogP contribution in [-0.2, 0) is 25.5 Å². The number of likely N-dealkylation sites (tertiary alicyclic amines) is 2. The van der Waals surface area contributed by atoms with Crippen LogP contribution in [0.1, 0.15) is 54.9 Å². The van der Waals surface area contributed by atoms with Gasteiger partial charge in [0, 0.05) is 43.2 Å². The number of carboxylic acids is 1. The van der Waals surface area contributed by atoms with Gasteiger partial charge in [-0.2, -0.15) is 0 Å². The van der Waals surface area contributed by atoms with Gasteiger partial charge in [0.25, 0.3) is 5.91 Å². The number of hydrogen-bond donors (Lipinski definition) is 2. The van der Waals surface area contributed by atoms with Crippen LogP contribution >= 0.6 is 23.2 Å². The van der Waals surface area contributed by atoms with Gasteiger partial charge in [0.2, 0.25) is 5.91 Å². The first-order chi connectivity index (χ1) is 22.6. The summed E-state index contributed by atoms with van der Waals surface area (Å²) in [7, 11) is 1.75. The first-order valence-corrected chi connectivity index (χ1v) is 17.0. The van der Waals surface area contributed by atoms with Gasteiger partial charge in [-0.1, -0.05) is 48.3 Å². The molecule has 2 aromatic carbocycles. The van der Waals surface area contributed by atoms with E-state index in [1.54, 1.807) is 25.3 Å². The minimum atomic E-state index is -0.742. The van der Waals surface area contributed by atoms with E-state index in [1.807, 2.05) is 23.1 Å². The van der Waals surface area contributed by atoms with Crippen molar-refractivity contribution in [2.24, 2.45) is 11.8 Å². The number of nitrogens with one attached hydrogen (secondary N) is 1. The number of fused-ring (bicyclic) bond motifs is 1. The van der Waals surface area contributed by atoms with Crippen molar-refractivity contribution in [2.45, 2.75) is 69.7 Å². The number of carboxylic acid groups (broad SMARTS) is 1. The van der Waals surface area contributed by atoms with Crippen LogP contribution in [0.2, 0.25) is 10.0 Å². The Morgan fingerprint density at radius 3 is 2.53 bits per heavy atom. The van der Waals surface area contributed by atoms with E-state index in [0.717, 1.165) is 19.5 Å². The molecule has 0 radical (unpaired) electrons. The number of hydrogen-bond acceptors (Lipinski definition) is 7. The third-order valence-electron chi connectivity index (χ3n) is 10.1. The summed E-state index contributed by atoms with van der Waals surface area (Å²) in [5.74, 6) is -1.11. The number of amides is 2. The molecule has 1 aliphatic carbocycles. The number of carbonyl (C=O) groups excluding carboxylic acids is 2. The number of halogens is 2. The molecule has 2 N–H and O–H groups in total. The summed E-state index contributed by atoms with van der Waals surface area (Å²) in [6.07, 6.45) is 4.99. The summed E-state index contributed by atoms with van der Waals surface area (Å²) in [6.45, 7) is 4.88. The molecule has 1 saturated carbocycles. The molecule has 10 nitrogen and oxygen atoms in total. The van der Waals surface area contributed by atoms with Crippen LogP contribution < -0.4 is 5.32 Å². The van der Waals surface area contributed by atoms with Crippen LogP contribution in [-0.4, -0.2) is 90.3 Å². The summed E-state index contributed by atoms with van der Waals surface area (Å²) in [5, 5.41) is 13.5. The van der Waals surface area contributed by atoms with E-state index >= 15 is 0 Å². The molecule has 2 aliphatic heterocycles. The summed E-state index contributed by atoms with van der Waals surface area (Å²) in [6, 6.07) is 10.5. The van der Waals surface area contributed by atoms with Crippen LogP contribution in [0.15, 0.2) is 47.1 Å². The number of carbonyl (C=O) groups is 3. The van der Waals surface area contributed by atoms with E-state index in [4.69, 9.17) is 37.1 Å². The molecule has 1 aromatic heterocycles. The van der Waals surface area contributed by atoms with Gasteiger partial charge in [-0.3, -0.25) is 19.3 Å². The SMILES string of the molecule is CO[C@@H]1CN([C@H]2C[C@@H](COC3CCC(C(=O)O)CC3)N(C(=O)Cc3cc(Cl)c(NC(=O)c4coc5ccccc45)cc3Cl)C2)C[C@H]1C. The molecule has 47 heavy (non-hydrogen) atoms. The number of aliphatic carboxylic acids is 1. The molecule has 3 aromatic rings. The quantitative estimate of drug-likeness (QED) is 0.261. The van der Waals surface area contributed by atoms with Crippen LogP contribution in [0.5, 0.6) is 0 Å². The summed E-state index contributed by atoms with van der Waals surface area (Å²) in [5.41, 5.74) is 1.89. The van der Waals surface area contributed by atoms with Crippen molar-refractivity contribution >= 4 is 57.6 Å². The summed E-state index contributed by atoms with van der Waals surface area (Å²) in [4.78, 5) is 42.7. The van der Waals surface area contributed by atoms with Crippen molar-refractivity contribution in [3.63, 3.8) is 0 Å². The maximum absolute atomic E-state index is 13.9. The van der Waals surface area contributed by atoms with E-state index < -0.39 is 5.97 Å². The van der Waals surface area contributed by atoms with Crippen molar-refractivity contribution < 1.29 is 33.4 Å². The van der Waals surface area contributed by atoms with Gasteiger partial charge in [0.05, 0.1) is 53.5 Å². The molecule has 0 bridgehead atoms. The zero-order valence-electron chi connectivity index (χ0n) is 26.6. The molecule has 2 saturated heterocycles. The monoisotopic (exact) mass is 685 g/mol. The molecule has 0 unspecified atom stereocenters. The minimum absolute atomic E-state index is 0.0117. The van der Waals surface area contributed by atoms with Crippen molar-refractivity contribution in [2.75, 3.05) is 38.7 Å². The van der Waals surface area contributed by atoms with Crippen LogP contribution in [0.3, 0.4) is 0 Å². The van der Waals surface area contributed by atoms with Crippen LogP contribution in [0.25, 0.3) is 11.0 Å². The maximum Gasteiger partial charge on any atom is 0.306 e. The molecular formula is C35H41Cl2N3O7. The Bertz CT molecular complexity index is 1620. The number of ether oxygens (including phenoxy) is 2. The van der Waals surface area contributed by atoms with Gasteiger partial charge in [-0.05, 0) is 61.8 Å². The fourth-order valence-electron chi connectivity index (χ4n) is 7.35. The number of anilines is 1. The standard InChI is InChI=1S/C35H41Cl2N3O7/c1-20-15-39(17-32(20)45-2)23-13-24(18-46-25-9-7-21(8-10-25)35(43)44)40(16-23)33(41)12-22-11-29(37)30(14-28(22)36)38-34(42)27-19-47-31-6-4-3-5-26(27)31/h3-6,11,14,19-21,23-25,32H,7-10,12-13,15-18H2,1-2H3,(H,38,42)(H,43,44)/t20-,21?,23+,24+,25?,32-/m1/s1.